The number of benzene rings is 1. The van der Waals surface area contributed by atoms with Crippen LogP contribution in [0.2, 0.25) is 5.02 Å². The third kappa shape index (κ3) is 5.41. The fourth-order valence-electron chi connectivity index (χ4n) is 2.81. The molecule has 1 aromatic carbocycles. The molecule has 2 N–H and O–H groups in total. The molecule has 1 atom stereocenters. The van der Waals surface area contributed by atoms with Crippen molar-refractivity contribution in [1.82, 2.24) is 4.90 Å². The number of aryl methyl sites for hydroxylation is 1. The smallest absolute Gasteiger partial charge is 0.222 e. The van der Waals surface area contributed by atoms with Crippen LogP contribution in [0.5, 0.6) is 0 Å². The molecule has 6 heteroatoms. The molecule has 2 rings (SSSR count). The Bertz CT molecular complexity index is 503. The minimum Gasteiger partial charge on any atom is -0.343 e. The van der Waals surface area contributed by atoms with Crippen LogP contribution in [0.4, 0.5) is 0 Å². The van der Waals surface area contributed by atoms with E-state index in [0.717, 1.165) is 36.0 Å². The van der Waals surface area contributed by atoms with Gasteiger partial charge in [0.15, 0.2) is 0 Å². The van der Waals surface area contributed by atoms with Crippen LogP contribution in [0, 0.1) is 5.92 Å². The summed E-state index contributed by atoms with van der Waals surface area (Å²) in [6.07, 6.45) is 3.28. The SMILES string of the molecule is CC(N)C1CCN(C(=O)CCc2cc(Cl)ccc2Br)CC1.Cl. The van der Waals surface area contributed by atoms with E-state index in [9.17, 15) is 4.79 Å². The van der Waals surface area contributed by atoms with Crippen LogP contribution < -0.4 is 5.73 Å². The zero-order valence-corrected chi connectivity index (χ0v) is 15.9. The van der Waals surface area contributed by atoms with Gasteiger partial charge >= 0.3 is 0 Å². The zero-order valence-electron chi connectivity index (χ0n) is 12.7. The second-order valence-electron chi connectivity index (χ2n) is 5.81. The highest BCUT2D eigenvalue weighted by atomic mass is 79.9. The molecule has 1 fully saturated rings. The minimum atomic E-state index is 0. The van der Waals surface area contributed by atoms with E-state index in [4.69, 9.17) is 17.3 Å². The molecule has 3 nitrogen and oxygen atoms in total. The molecule has 1 heterocycles. The lowest BCUT2D eigenvalue weighted by Crippen LogP contribution is -2.42. The Morgan fingerprint density at radius 1 is 1.45 bits per heavy atom. The van der Waals surface area contributed by atoms with Crippen LogP contribution in [0.15, 0.2) is 22.7 Å². The van der Waals surface area contributed by atoms with Gasteiger partial charge in [0.2, 0.25) is 5.91 Å². The van der Waals surface area contributed by atoms with Gasteiger partial charge in [-0.3, -0.25) is 4.79 Å². The largest absolute Gasteiger partial charge is 0.343 e. The average Bonchev–Trinajstić information content (AvgIpc) is 2.48. The van der Waals surface area contributed by atoms with Crippen molar-refractivity contribution < 1.29 is 4.79 Å². The number of nitrogens with two attached hydrogens (primary N) is 1. The van der Waals surface area contributed by atoms with Gasteiger partial charge in [-0.2, -0.15) is 0 Å². The van der Waals surface area contributed by atoms with E-state index < -0.39 is 0 Å². The van der Waals surface area contributed by atoms with Crippen molar-refractivity contribution in [2.24, 2.45) is 11.7 Å². The lowest BCUT2D eigenvalue weighted by Gasteiger charge is -2.33. The number of piperidine rings is 1. The molecule has 0 aliphatic carbocycles. The summed E-state index contributed by atoms with van der Waals surface area (Å²) in [5.74, 6) is 0.779. The third-order valence-corrected chi connectivity index (χ3v) is 5.26. The van der Waals surface area contributed by atoms with Crippen LogP contribution in [-0.2, 0) is 11.2 Å². The van der Waals surface area contributed by atoms with Gasteiger partial charge in [-0.05, 0) is 55.9 Å². The Kier molecular flexibility index (Phi) is 8.19. The molecule has 124 valence electrons. The standard InChI is InChI=1S/C16H22BrClN2O.ClH/c1-11(19)12-6-8-20(9-7-12)16(21)5-2-13-10-14(18)3-4-15(13)17;/h3-4,10-12H,2,5-9,19H2,1H3;1H. The second kappa shape index (κ2) is 9.11. The maximum Gasteiger partial charge on any atom is 0.222 e. The van der Waals surface area contributed by atoms with Crippen LogP contribution in [-0.4, -0.2) is 29.9 Å². The Balaban J connectivity index is 0.00000242. The van der Waals surface area contributed by atoms with Gasteiger partial charge in [-0.25, -0.2) is 0 Å². The molecule has 0 bridgehead atoms. The molecule has 1 aliphatic heterocycles. The lowest BCUT2D eigenvalue weighted by molar-refractivity contribution is -0.132. The van der Waals surface area contributed by atoms with Crippen molar-refractivity contribution >= 4 is 45.8 Å². The number of nitrogens with zero attached hydrogens (tertiary/aromatic N) is 1. The average molecular weight is 410 g/mol. The van der Waals surface area contributed by atoms with Gasteiger partial charge in [0.05, 0.1) is 0 Å². The van der Waals surface area contributed by atoms with E-state index in [1.165, 1.54) is 0 Å². The van der Waals surface area contributed by atoms with Crippen molar-refractivity contribution in [3.63, 3.8) is 0 Å². The number of halogens is 3. The van der Waals surface area contributed by atoms with Gasteiger partial charge in [-0.15, -0.1) is 12.4 Å². The first-order chi connectivity index (χ1) is 9.97. The van der Waals surface area contributed by atoms with Gasteiger partial charge in [-0.1, -0.05) is 27.5 Å². The first-order valence-electron chi connectivity index (χ1n) is 7.44. The Labute approximate surface area is 152 Å². The van der Waals surface area contributed by atoms with Gasteiger partial charge in [0.1, 0.15) is 0 Å². The van der Waals surface area contributed by atoms with E-state index in [2.05, 4.69) is 22.9 Å². The van der Waals surface area contributed by atoms with E-state index in [0.29, 0.717) is 23.8 Å². The maximum absolute atomic E-state index is 12.3. The second-order valence-corrected chi connectivity index (χ2v) is 7.10. The van der Waals surface area contributed by atoms with Crippen LogP contribution in [0.3, 0.4) is 0 Å². The summed E-state index contributed by atoms with van der Waals surface area (Å²) in [7, 11) is 0. The summed E-state index contributed by atoms with van der Waals surface area (Å²) in [5.41, 5.74) is 7.02. The van der Waals surface area contributed by atoms with Crippen molar-refractivity contribution in [3.8, 4) is 0 Å². The summed E-state index contributed by atoms with van der Waals surface area (Å²) in [5, 5.41) is 0.707. The molecule has 1 unspecified atom stereocenters. The minimum absolute atomic E-state index is 0. The van der Waals surface area contributed by atoms with Crippen LogP contribution in [0.1, 0.15) is 31.7 Å². The summed E-state index contributed by atoms with van der Waals surface area (Å²) < 4.78 is 1.01. The topological polar surface area (TPSA) is 46.3 Å². The van der Waals surface area contributed by atoms with Crippen molar-refractivity contribution in [1.29, 1.82) is 0 Å². The molecule has 1 aromatic rings. The summed E-state index contributed by atoms with van der Waals surface area (Å²) in [6.45, 7) is 3.72. The number of carbonyl (C=O) groups is 1. The molecule has 0 spiro atoms. The summed E-state index contributed by atoms with van der Waals surface area (Å²) in [4.78, 5) is 14.3. The van der Waals surface area contributed by atoms with Crippen LogP contribution in [0.25, 0.3) is 0 Å². The predicted molar refractivity (Wildman–Crippen MR) is 97.7 cm³/mol. The first kappa shape index (κ1) is 19.8. The van der Waals surface area contributed by atoms with Crippen molar-refractivity contribution in [2.45, 2.75) is 38.6 Å². The highest BCUT2D eigenvalue weighted by Gasteiger charge is 2.24. The number of carbonyl (C=O) groups excluding carboxylic acids is 1. The summed E-state index contributed by atoms with van der Waals surface area (Å²) >= 11 is 9.50. The third-order valence-electron chi connectivity index (χ3n) is 4.25. The van der Waals surface area contributed by atoms with E-state index in [-0.39, 0.29) is 24.4 Å². The first-order valence-corrected chi connectivity index (χ1v) is 8.61. The molecular weight excluding hydrogens is 387 g/mol. The molecule has 0 radical (unpaired) electrons. The molecule has 22 heavy (non-hydrogen) atoms. The Morgan fingerprint density at radius 2 is 2.09 bits per heavy atom. The molecule has 1 amide bonds. The van der Waals surface area contributed by atoms with Gasteiger partial charge in [0, 0.05) is 35.0 Å². The molecule has 0 saturated carbocycles. The number of likely N-dealkylation sites (tertiary alicyclic amines) is 1. The fraction of sp³-hybridized carbons (Fsp3) is 0.562. The lowest BCUT2D eigenvalue weighted by atomic mass is 9.91. The zero-order chi connectivity index (χ0) is 15.4. The van der Waals surface area contributed by atoms with Crippen LogP contribution >= 0.6 is 39.9 Å². The summed E-state index contributed by atoms with van der Waals surface area (Å²) in [6, 6.07) is 5.91. The van der Waals surface area contributed by atoms with Crippen molar-refractivity contribution in [3.05, 3.63) is 33.3 Å². The molecular formula is C16H23BrCl2N2O. The van der Waals surface area contributed by atoms with Crippen molar-refractivity contribution in [2.75, 3.05) is 13.1 Å². The maximum atomic E-state index is 12.3. The Morgan fingerprint density at radius 3 is 2.68 bits per heavy atom. The highest BCUT2D eigenvalue weighted by Crippen LogP contribution is 2.24. The molecule has 1 saturated heterocycles. The van der Waals surface area contributed by atoms with Gasteiger partial charge < -0.3 is 10.6 Å². The number of amides is 1. The molecule has 1 aliphatic rings. The van der Waals surface area contributed by atoms with E-state index in [1.807, 2.05) is 23.1 Å². The van der Waals surface area contributed by atoms with E-state index in [1.54, 1.807) is 0 Å². The number of hydrogen-bond donors (Lipinski definition) is 1. The van der Waals surface area contributed by atoms with E-state index >= 15 is 0 Å². The predicted octanol–water partition coefficient (Wildman–Crippen LogP) is 4.04. The highest BCUT2D eigenvalue weighted by molar-refractivity contribution is 9.10. The molecule has 0 aromatic heterocycles. The number of hydrogen-bond acceptors (Lipinski definition) is 2. The normalized spacial score (nSPS) is 17.0. The van der Waals surface area contributed by atoms with Gasteiger partial charge in [0.25, 0.3) is 0 Å². The fourth-order valence-corrected chi connectivity index (χ4v) is 3.45. The number of rotatable bonds is 4. The monoisotopic (exact) mass is 408 g/mol. The Hall–Kier alpha value is -0.290. The quantitative estimate of drug-likeness (QED) is 0.815.